The summed E-state index contributed by atoms with van der Waals surface area (Å²) in [5.41, 5.74) is 2.38. The lowest BCUT2D eigenvalue weighted by Crippen LogP contribution is -2.27. The van der Waals surface area contributed by atoms with Crippen LogP contribution in [0, 0.1) is 6.92 Å². The maximum Gasteiger partial charge on any atom is 0.293 e. The number of hydrogen-bond acceptors (Lipinski definition) is 5. The van der Waals surface area contributed by atoms with E-state index in [4.69, 9.17) is 21.1 Å². The molecule has 1 fully saturated rings. The van der Waals surface area contributed by atoms with Gasteiger partial charge in [-0.05, 0) is 54.6 Å². The van der Waals surface area contributed by atoms with E-state index in [9.17, 15) is 9.59 Å². The first-order valence-electron chi connectivity index (χ1n) is 8.16. The zero-order valence-electron chi connectivity index (χ0n) is 15.1. The number of benzene rings is 2. The minimum atomic E-state index is -0.324. The quantitative estimate of drug-likeness (QED) is 0.664. The Morgan fingerprint density at radius 3 is 2.41 bits per heavy atom. The van der Waals surface area contributed by atoms with Crippen molar-refractivity contribution in [2.24, 2.45) is 0 Å². The van der Waals surface area contributed by atoms with Crippen LogP contribution in [-0.2, 0) is 11.3 Å². The zero-order chi connectivity index (χ0) is 19.6. The Labute approximate surface area is 166 Å². The molecular weight excluding hydrogens is 386 g/mol. The van der Waals surface area contributed by atoms with E-state index in [1.54, 1.807) is 50.6 Å². The summed E-state index contributed by atoms with van der Waals surface area (Å²) >= 11 is 6.80. The number of nitrogens with zero attached hydrogens (tertiary/aromatic N) is 1. The first kappa shape index (κ1) is 19.3. The number of halogens is 1. The number of hydrogen-bond donors (Lipinski definition) is 0. The Hall–Kier alpha value is -2.44. The molecule has 2 aromatic rings. The smallest absolute Gasteiger partial charge is 0.293 e. The Morgan fingerprint density at radius 1 is 1.07 bits per heavy atom. The Bertz CT molecular complexity index is 924. The van der Waals surface area contributed by atoms with Crippen molar-refractivity contribution in [3.05, 3.63) is 63.0 Å². The molecule has 1 aliphatic heterocycles. The van der Waals surface area contributed by atoms with Crippen molar-refractivity contribution in [1.82, 2.24) is 4.90 Å². The van der Waals surface area contributed by atoms with Crippen LogP contribution in [0.2, 0.25) is 5.02 Å². The summed E-state index contributed by atoms with van der Waals surface area (Å²) in [6, 6.07) is 10.7. The van der Waals surface area contributed by atoms with Gasteiger partial charge in [0.05, 0.1) is 25.7 Å². The van der Waals surface area contributed by atoms with Crippen LogP contribution < -0.4 is 9.47 Å². The molecule has 0 unspecified atom stereocenters. The lowest BCUT2D eigenvalue weighted by atomic mass is 10.1. The maximum atomic E-state index is 12.7. The van der Waals surface area contributed by atoms with Crippen LogP contribution in [-0.4, -0.2) is 30.3 Å². The molecule has 3 rings (SSSR count). The van der Waals surface area contributed by atoms with Gasteiger partial charge in [-0.3, -0.25) is 14.5 Å². The Balaban J connectivity index is 1.88. The van der Waals surface area contributed by atoms with Crippen molar-refractivity contribution in [3.8, 4) is 11.5 Å². The van der Waals surface area contributed by atoms with Crippen LogP contribution in [0.1, 0.15) is 16.7 Å². The van der Waals surface area contributed by atoms with Gasteiger partial charge in [-0.2, -0.15) is 0 Å². The fraction of sp³-hybridized carbons (Fsp3) is 0.200. The zero-order valence-corrected chi connectivity index (χ0v) is 16.7. The number of rotatable bonds is 5. The minimum Gasteiger partial charge on any atom is -0.496 e. The first-order valence-corrected chi connectivity index (χ1v) is 9.35. The molecule has 0 N–H and O–H groups in total. The van der Waals surface area contributed by atoms with E-state index in [0.29, 0.717) is 27.0 Å². The highest BCUT2D eigenvalue weighted by Crippen LogP contribution is 2.37. The summed E-state index contributed by atoms with van der Waals surface area (Å²) in [4.78, 5) is 26.6. The highest BCUT2D eigenvalue weighted by atomic mass is 35.5. The second kappa shape index (κ2) is 8.06. The third-order valence-corrected chi connectivity index (χ3v) is 5.38. The number of methoxy groups -OCH3 is 2. The van der Waals surface area contributed by atoms with Crippen molar-refractivity contribution >= 4 is 40.6 Å². The predicted octanol–water partition coefficient (Wildman–Crippen LogP) is 4.90. The van der Waals surface area contributed by atoms with Crippen molar-refractivity contribution < 1.29 is 19.1 Å². The highest BCUT2D eigenvalue weighted by molar-refractivity contribution is 8.18. The summed E-state index contributed by atoms with van der Waals surface area (Å²) in [5.74, 6) is 0.981. The van der Waals surface area contributed by atoms with E-state index in [2.05, 4.69) is 0 Å². The topological polar surface area (TPSA) is 55.8 Å². The third kappa shape index (κ3) is 3.96. The Kier molecular flexibility index (Phi) is 5.77. The molecule has 1 heterocycles. The lowest BCUT2D eigenvalue weighted by Gasteiger charge is -2.13. The van der Waals surface area contributed by atoms with Gasteiger partial charge in [0, 0.05) is 16.1 Å². The van der Waals surface area contributed by atoms with E-state index < -0.39 is 0 Å². The minimum absolute atomic E-state index is 0.206. The van der Waals surface area contributed by atoms with Gasteiger partial charge in [-0.1, -0.05) is 23.7 Å². The number of carbonyl (C=O) groups excluding carboxylic acids is 2. The summed E-state index contributed by atoms with van der Waals surface area (Å²) < 4.78 is 10.8. The number of imide groups is 1. The molecule has 27 heavy (non-hydrogen) atoms. The molecule has 0 bridgehead atoms. The lowest BCUT2D eigenvalue weighted by molar-refractivity contribution is -0.123. The van der Waals surface area contributed by atoms with Crippen molar-refractivity contribution in [3.63, 3.8) is 0 Å². The van der Waals surface area contributed by atoms with Gasteiger partial charge < -0.3 is 9.47 Å². The highest BCUT2D eigenvalue weighted by Gasteiger charge is 2.35. The monoisotopic (exact) mass is 403 g/mol. The molecule has 5 nitrogen and oxygen atoms in total. The predicted molar refractivity (Wildman–Crippen MR) is 107 cm³/mol. The van der Waals surface area contributed by atoms with Crippen molar-refractivity contribution in [1.29, 1.82) is 0 Å². The fourth-order valence-corrected chi connectivity index (χ4v) is 3.81. The van der Waals surface area contributed by atoms with Gasteiger partial charge in [0.1, 0.15) is 11.5 Å². The number of carbonyl (C=O) groups is 2. The molecule has 0 aromatic heterocycles. The second-order valence-corrected chi connectivity index (χ2v) is 7.34. The van der Waals surface area contributed by atoms with Gasteiger partial charge in [0.15, 0.2) is 0 Å². The average Bonchev–Trinajstić information content (AvgIpc) is 2.91. The van der Waals surface area contributed by atoms with Crippen LogP contribution in [0.5, 0.6) is 11.5 Å². The summed E-state index contributed by atoms with van der Waals surface area (Å²) in [7, 11) is 3.15. The van der Waals surface area contributed by atoms with Gasteiger partial charge >= 0.3 is 0 Å². The van der Waals surface area contributed by atoms with Crippen LogP contribution in [0.15, 0.2) is 41.3 Å². The largest absolute Gasteiger partial charge is 0.496 e. The van der Waals surface area contributed by atoms with Gasteiger partial charge in [0.2, 0.25) is 0 Å². The molecule has 2 amide bonds. The molecular formula is C20H18ClNO4S. The summed E-state index contributed by atoms with van der Waals surface area (Å²) in [6.07, 6.45) is 1.68. The summed E-state index contributed by atoms with van der Waals surface area (Å²) in [6.45, 7) is 2.08. The molecule has 0 spiro atoms. The number of amides is 2. The standard InChI is InChI=1S/C20H18ClNO4S/c1-12-16(25-2)9-6-14(18(12)26-3)10-17-19(23)22(20(24)27-17)11-13-4-7-15(21)8-5-13/h4-10H,11H2,1-3H3/b17-10+. The van der Waals surface area contributed by atoms with Crippen LogP contribution in [0.3, 0.4) is 0 Å². The third-order valence-electron chi connectivity index (χ3n) is 4.22. The molecule has 0 atom stereocenters. The van der Waals surface area contributed by atoms with Gasteiger partial charge in [-0.25, -0.2) is 0 Å². The summed E-state index contributed by atoms with van der Waals surface area (Å²) in [5, 5.41) is 0.306. The Morgan fingerprint density at radius 2 is 1.78 bits per heavy atom. The van der Waals surface area contributed by atoms with E-state index in [1.165, 1.54) is 4.90 Å². The number of thioether (sulfide) groups is 1. The molecule has 140 valence electrons. The molecule has 7 heteroatoms. The van der Waals surface area contributed by atoms with Crippen molar-refractivity contribution in [2.75, 3.05) is 14.2 Å². The molecule has 1 aliphatic rings. The molecule has 2 aromatic carbocycles. The molecule has 1 saturated heterocycles. The maximum absolute atomic E-state index is 12.7. The number of ether oxygens (including phenoxy) is 2. The molecule has 0 radical (unpaired) electrons. The normalized spacial score (nSPS) is 15.6. The van der Waals surface area contributed by atoms with E-state index in [0.717, 1.165) is 22.9 Å². The average molecular weight is 404 g/mol. The molecule has 0 saturated carbocycles. The SMILES string of the molecule is COc1ccc(/C=C2/SC(=O)N(Cc3ccc(Cl)cc3)C2=O)c(OC)c1C. The van der Waals surface area contributed by atoms with Crippen LogP contribution >= 0.6 is 23.4 Å². The van der Waals surface area contributed by atoms with E-state index in [1.807, 2.05) is 13.0 Å². The van der Waals surface area contributed by atoms with E-state index >= 15 is 0 Å². The van der Waals surface area contributed by atoms with E-state index in [-0.39, 0.29) is 17.7 Å². The van der Waals surface area contributed by atoms with Gasteiger partial charge in [-0.15, -0.1) is 0 Å². The van der Waals surface area contributed by atoms with Crippen LogP contribution in [0.4, 0.5) is 4.79 Å². The second-order valence-electron chi connectivity index (χ2n) is 5.91. The van der Waals surface area contributed by atoms with Gasteiger partial charge in [0.25, 0.3) is 11.1 Å². The van der Waals surface area contributed by atoms with Crippen LogP contribution in [0.25, 0.3) is 6.08 Å². The van der Waals surface area contributed by atoms with Crippen molar-refractivity contribution in [2.45, 2.75) is 13.5 Å². The fourth-order valence-electron chi connectivity index (χ4n) is 2.85. The molecule has 0 aliphatic carbocycles. The first-order chi connectivity index (χ1) is 12.9.